The minimum Gasteiger partial charge on any atom is -0.502 e. The molecule has 1 aromatic carbocycles. The molecular formula is C17H14O6. The zero-order valence-electron chi connectivity index (χ0n) is 12.3. The number of benzene rings is 1. The van der Waals surface area contributed by atoms with E-state index in [0.717, 1.165) is 5.56 Å². The van der Waals surface area contributed by atoms with E-state index in [1.54, 1.807) is 30.3 Å². The number of aliphatic hydroxyl groups is 1. The molecule has 2 N–H and O–H groups in total. The van der Waals surface area contributed by atoms with Crippen LogP contribution >= 0.6 is 0 Å². The minimum atomic E-state index is -1.59. The van der Waals surface area contributed by atoms with Gasteiger partial charge in [-0.25, -0.2) is 4.79 Å². The van der Waals surface area contributed by atoms with E-state index in [-0.39, 0.29) is 11.5 Å². The van der Waals surface area contributed by atoms with Gasteiger partial charge in [0.25, 0.3) is 0 Å². The zero-order valence-corrected chi connectivity index (χ0v) is 12.3. The first-order valence-corrected chi connectivity index (χ1v) is 6.73. The molecule has 0 bridgehead atoms. The molecule has 0 aliphatic rings. The molecule has 23 heavy (non-hydrogen) atoms. The van der Waals surface area contributed by atoms with Gasteiger partial charge in [0.15, 0.2) is 11.5 Å². The second kappa shape index (κ2) is 6.74. The van der Waals surface area contributed by atoms with Gasteiger partial charge in [-0.05, 0) is 18.6 Å². The van der Waals surface area contributed by atoms with Gasteiger partial charge < -0.3 is 14.6 Å². The Hall–Kier alpha value is -3.15. The van der Waals surface area contributed by atoms with E-state index in [1.807, 2.05) is 0 Å². The molecule has 0 radical (unpaired) electrons. The first-order chi connectivity index (χ1) is 10.9. The van der Waals surface area contributed by atoms with Crippen LogP contribution < -0.4 is 0 Å². The molecule has 0 saturated heterocycles. The van der Waals surface area contributed by atoms with E-state index in [0.29, 0.717) is 23.6 Å². The van der Waals surface area contributed by atoms with Gasteiger partial charge in [0.2, 0.25) is 11.5 Å². The maximum Gasteiger partial charge on any atom is 0.371 e. The first kappa shape index (κ1) is 16.2. The average molecular weight is 314 g/mol. The fourth-order valence-electron chi connectivity index (χ4n) is 2.02. The Labute approximate surface area is 131 Å². The van der Waals surface area contributed by atoms with Crippen LogP contribution in [-0.4, -0.2) is 27.7 Å². The number of rotatable bonds is 6. The number of carbonyl (C=O) groups is 3. The van der Waals surface area contributed by atoms with E-state index in [4.69, 9.17) is 14.6 Å². The molecule has 0 amide bonds. The van der Waals surface area contributed by atoms with Crippen molar-refractivity contribution in [3.63, 3.8) is 0 Å². The molecule has 0 aliphatic heterocycles. The van der Waals surface area contributed by atoms with Crippen LogP contribution in [0.4, 0.5) is 0 Å². The molecule has 6 nitrogen and oxygen atoms in total. The van der Waals surface area contributed by atoms with Gasteiger partial charge >= 0.3 is 5.97 Å². The van der Waals surface area contributed by atoms with Crippen LogP contribution in [0, 0.1) is 0 Å². The van der Waals surface area contributed by atoms with Crippen LogP contribution in [-0.2, 0) is 11.2 Å². The Bertz CT molecular complexity index is 780. The maximum absolute atomic E-state index is 11.9. The fraction of sp³-hybridized carbons (Fsp3) is 0.118. The number of carboxylic acids is 1. The highest BCUT2D eigenvalue weighted by Crippen LogP contribution is 2.18. The standard InChI is InChI=1S/C17H14O6/c1-10(18)12-4-2-11(3-5-12)8-13-6-7-23-16(13)14(19)9-15(20)17(21)22/h2-7,9,20H,8H2,1H3,(H,21,22)/b15-9-. The van der Waals surface area contributed by atoms with Crippen molar-refractivity contribution >= 4 is 17.5 Å². The summed E-state index contributed by atoms with van der Waals surface area (Å²) in [5.74, 6) is -3.45. The van der Waals surface area contributed by atoms with Crippen LogP contribution in [0.15, 0.2) is 52.8 Å². The molecule has 2 rings (SSSR count). The molecule has 1 aromatic heterocycles. The third-order valence-electron chi connectivity index (χ3n) is 3.21. The molecule has 0 fully saturated rings. The van der Waals surface area contributed by atoms with Gasteiger partial charge in [-0.15, -0.1) is 0 Å². The summed E-state index contributed by atoms with van der Waals surface area (Å²) in [6, 6.07) is 8.51. The first-order valence-electron chi connectivity index (χ1n) is 6.73. The predicted octanol–water partition coefficient (Wildman–Crippen LogP) is 2.78. The van der Waals surface area contributed by atoms with Gasteiger partial charge in [-0.2, -0.15) is 0 Å². The van der Waals surface area contributed by atoms with Gasteiger partial charge in [-0.1, -0.05) is 24.3 Å². The minimum absolute atomic E-state index is 0.0338. The van der Waals surface area contributed by atoms with Crippen molar-refractivity contribution in [2.24, 2.45) is 0 Å². The number of furan rings is 1. The number of Topliss-reactive ketones (excluding diaryl/α,β-unsaturated/α-hetero) is 1. The predicted molar refractivity (Wildman–Crippen MR) is 80.6 cm³/mol. The number of ketones is 2. The summed E-state index contributed by atoms with van der Waals surface area (Å²) in [7, 11) is 0. The van der Waals surface area contributed by atoms with Crippen molar-refractivity contribution in [3.05, 3.63) is 70.9 Å². The van der Waals surface area contributed by atoms with Crippen molar-refractivity contribution < 1.29 is 29.0 Å². The SMILES string of the molecule is CC(=O)c1ccc(Cc2ccoc2C(=O)/C=C(\O)C(=O)O)cc1. The van der Waals surface area contributed by atoms with Crippen LogP contribution in [0.2, 0.25) is 0 Å². The third-order valence-corrected chi connectivity index (χ3v) is 3.21. The van der Waals surface area contributed by atoms with E-state index < -0.39 is 17.5 Å². The van der Waals surface area contributed by atoms with Crippen molar-refractivity contribution in [2.75, 3.05) is 0 Å². The Morgan fingerprint density at radius 1 is 1.09 bits per heavy atom. The van der Waals surface area contributed by atoms with Gasteiger partial charge in [0, 0.05) is 23.6 Å². The fourth-order valence-corrected chi connectivity index (χ4v) is 2.02. The lowest BCUT2D eigenvalue weighted by Gasteiger charge is -2.02. The Balaban J connectivity index is 2.21. The van der Waals surface area contributed by atoms with E-state index in [1.165, 1.54) is 13.2 Å². The van der Waals surface area contributed by atoms with E-state index in [9.17, 15) is 14.4 Å². The number of aliphatic carboxylic acids is 1. The number of aliphatic hydroxyl groups excluding tert-OH is 1. The van der Waals surface area contributed by atoms with Crippen molar-refractivity contribution in [3.8, 4) is 0 Å². The number of carboxylic acid groups (broad SMARTS) is 1. The molecule has 6 heteroatoms. The lowest BCUT2D eigenvalue weighted by Crippen LogP contribution is -2.05. The lowest BCUT2D eigenvalue weighted by molar-refractivity contribution is -0.135. The Kier molecular flexibility index (Phi) is 4.75. The highest BCUT2D eigenvalue weighted by molar-refractivity contribution is 6.06. The molecule has 1 heterocycles. The van der Waals surface area contributed by atoms with Gasteiger partial charge in [0.05, 0.1) is 6.26 Å². The smallest absolute Gasteiger partial charge is 0.371 e. The summed E-state index contributed by atoms with van der Waals surface area (Å²) in [5.41, 5.74) is 2.00. The quantitative estimate of drug-likeness (QED) is 0.482. The highest BCUT2D eigenvalue weighted by Gasteiger charge is 2.16. The largest absolute Gasteiger partial charge is 0.502 e. The molecular weight excluding hydrogens is 300 g/mol. The summed E-state index contributed by atoms with van der Waals surface area (Å²) < 4.78 is 5.09. The third kappa shape index (κ3) is 3.94. The van der Waals surface area contributed by atoms with E-state index >= 15 is 0 Å². The van der Waals surface area contributed by atoms with Crippen LogP contribution in [0.3, 0.4) is 0 Å². The molecule has 0 spiro atoms. The number of carbonyl (C=O) groups excluding carboxylic acids is 2. The molecule has 0 unspecified atom stereocenters. The molecule has 2 aromatic rings. The number of hydrogen-bond acceptors (Lipinski definition) is 5. The topological polar surface area (TPSA) is 105 Å². The summed E-state index contributed by atoms with van der Waals surface area (Å²) in [4.78, 5) is 33.7. The van der Waals surface area contributed by atoms with Crippen LogP contribution in [0.5, 0.6) is 0 Å². The second-order valence-corrected chi connectivity index (χ2v) is 4.90. The van der Waals surface area contributed by atoms with Crippen LogP contribution in [0.1, 0.15) is 39.0 Å². The van der Waals surface area contributed by atoms with Gasteiger partial charge in [0.1, 0.15) is 0 Å². The van der Waals surface area contributed by atoms with Gasteiger partial charge in [-0.3, -0.25) is 9.59 Å². The summed E-state index contributed by atoms with van der Waals surface area (Å²) in [6.45, 7) is 1.48. The monoisotopic (exact) mass is 314 g/mol. The van der Waals surface area contributed by atoms with E-state index in [2.05, 4.69) is 0 Å². The Morgan fingerprint density at radius 2 is 1.74 bits per heavy atom. The lowest BCUT2D eigenvalue weighted by atomic mass is 10.0. The number of allylic oxidation sites excluding steroid dienone is 1. The zero-order chi connectivity index (χ0) is 17.0. The van der Waals surface area contributed by atoms with Crippen molar-refractivity contribution in [2.45, 2.75) is 13.3 Å². The Morgan fingerprint density at radius 3 is 2.30 bits per heavy atom. The summed E-state index contributed by atoms with van der Waals surface area (Å²) in [5, 5.41) is 17.7. The summed E-state index contributed by atoms with van der Waals surface area (Å²) in [6.07, 6.45) is 2.29. The molecule has 0 aliphatic carbocycles. The summed E-state index contributed by atoms with van der Waals surface area (Å²) >= 11 is 0. The second-order valence-electron chi connectivity index (χ2n) is 4.90. The van der Waals surface area contributed by atoms with Crippen molar-refractivity contribution in [1.29, 1.82) is 0 Å². The maximum atomic E-state index is 11.9. The van der Waals surface area contributed by atoms with Crippen LogP contribution in [0.25, 0.3) is 0 Å². The molecule has 0 saturated carbocycles. The van der Waals surface area contributed by atoms with Crippen molar-refractivity contribution in [1.82, 2.24) is 0 Å². The molecule has 118 valence electrons. The highest BCUT2D eigenvalue weighted by atomic mass is 16.4. The number of hydrogen-bond donors (Lipinski definition) is 2. The molecule has 0 atom stereocenters. The average Bonchev–Trinajstić information content (AvgIpc) is 2.95. The normalized spacial score (nSPS) is 11.3.